The Balaban J connectivity index is 2.14. The lowest BCUT2D eigenvalue weighted by molar-refractivity contribution is 0.404. The molecule has 0 amide bonds. The highest BCUT2D eigenvalue weighted by Gasteiger charge is 2.14. The van der Waals surface area contributed by atoms with Crippen LogP contribution in [0.25, 0.3) is 5.69 Å². The number of benzene rings is 2. The molecule has 0 saturated heterocycles. The second kappa shape index (κ2) is 8.46. The number of aromatic hydroxyl groups is 1. The quantitative estimate of drug-likeness (QED) is 0.464. The summed E-state index contributed by atoms with van der Waals surface area (Å²) < 4.78 is 24.9. The van der Waals surface area contributed by atoms with Gasteiger partial charge in [-0.3, -0.25) is 19.3 Å². The molecule has 0 radical (unpaired) electrons. The summed E-state index contributed by atoms with van der Waals surface area (Å²) in [5.41, 5.74) is -0.167. The molecule has 0 aliphatic rings. The zero-order chi connectivity index (χ0) is 21.1. The standard InChI is InChI=1S/C19H15ClFN3O4S/c1-27-11-4-6-16(28-2)15(8-11)22-9-12-17(25)23-19(29)24(18(12)26)10-3-5-14(21)13(20)7-10/h3-9,26H,1-2H3,(H,23,25,29). The van der Waals surface area contributed by atoms with Crippen molar-refractivity contribution in [1.82, 2.24) is 9.55 Å². The molecule has 0 fully saturated rings. The van der Waals surface area contributed by atoms with E-state index in [9.17, 15) is 14.3 Å². The van der Waals surface area contributed by atoms with Gasteiger partial charge < -0.3 is 14.6 Å². The first-order valence-corrected chi connectivity index (χ1v) is 8.94. The molecule has 3 aromatic rings. The first-order chi connectivity index (χ1) is 13.8. The van der Waals surface area contributed by atoms with Crippen LogP contribution in [0.4, 0.5) is 10.1 Å². The van der Waals surface area contributed by atoms with Crippen molar-refractivity contribution in [3.8, 4) is 23.1 Å². The fraction of sp³-hybridized carbons (Fsp3) is 0.105. The van der Waals surface area contributed by atoms with Crippen molar-refractivity contribution in [2.45, 2.75) is 0 Å². The summed E-state index contributed by atoms with van der Waals surface area (Å²) in [6.07, 6.45) is 1.17. The molecular weight excluding hydrogens is 421 g/mol. The summed E-state index contributed by atoms with van der Waals surface area (Å²) in [5, 5.41) is 10.5. The smallest absolute Gasteiger partial charge is 0.264 e. The first kappa shape index (κ1) is 20.6. The number of rotatable bonds is 5. The molecule has 0 aliphatic heterocycles. The lowest BCUT2D eigenvalue weighted by atomic mass is 10.2. The zero-order valence-electron chi connectivity index (χ0n) is 15.3. The number of halogens is 2. The van der Waals surface area contributed by atoms with Crippen LogP contribution in [-0.2, 0) is 0 Å². The van der Waals surface area contributed by atoms with E-state index >= 15 is 0 Å². The number of hydrogen-bond acceptors (Lipinski definition) is 6. The molecule has 10 heteroatoms. The predicted octanol–water partition coefficient (Wildman–Crippen LogP) is 4.16. The van der Waals surface area contributed by atoms with E-state index < -0.39 is 17.3 Å². The van der Waals surface area contributed by atoms with E-state index in [1.807, 2.05) is 0 Å². The minimum Gasteiger partial charge on any atom is -0.497 e. The van der Waals surface area contributed by atoms with Crippen LogP contribution >= 0.6 is 23.8 Å². The lowest BCUT2D eigenvalue weighted by Crippen LogP contribution is -2.18. The van der Waals surface area contributed by atoms with Gasteiger partial charge in [0.15, 0.2) is 4.77 Å². The van der Waals surface area contributed by atoms with Crippen LogP contribution in [0.1, 0.15) is 5.56 Å². The Morgan fingerprint density at radius 3 is 2.66 bits per heavy atom. The number of H-pyrrole nitrogens is 1. The van der Waals surface area contributed by atoms with Crippen molar-refractivity contribution in [2.75, 3.05) is 14.2 Å². The van der Waals surface area contributed by atoms with Gasteiger partial charge in [-0.15, -0.1) is 0 Å². The monoisotopic (exact) mass is 435 g/mol. The Bertz CT molecular complexity index is 1220. The number of aromatic nitrogens is 2. The van der Waals surface area contributed by atoms with E-state index in [0.717, 1.165) is 10.6 Å². The zero-order valence-corrected chi connectivity index (χ0v) is 16.8. The van der Waals surface area contributed by atoms with Crippen LogP contribution in [-0.4, -0.2) is 35.1 Å². The van der Waals surface area contributed by atoms with Gasteiger partial charge in [-0.05, 0) is 42.5 Å². The second-order valence-electron chi connectivity index (χ2n) is 5.73. The van der Waals surface area contributed by atoms with Gasteiger partial charge in [0.25, 0.3) is 5.56 Å². The van der Waals surface area contributed by atoms with Crippen LogP contribution in [0.15, 0.2) is 46.2 Å². The van der Waals surface area contributed by atoms with E-state index in [2.05, 4.69) is 9.98 Å². The molecule has 0 unspecified atom stereocenters. The highest BCUT2D eigenvalue weighted by molar-refractivity contribution is 7.71. The number of methoxy groups -OCH3 is 2. The molecule has 29 heavy (non-hydrogen) atoms. The summed E-state index contributed by atoms with van der Waals surface area (Å²) in [7, 11) is 2.98. The lowest BCUT2D eigenvalue weighted by Gasteiger charge is -2.12. The third-order valence-electron chi connectivity index (χ3n) is 4.00. The van der Waals surface area contributed by atoms with Crippen molar-refractivity contribution in [3.63, 3.8) is 0 Å². The number of nitrogens with one attached hydrogen (secondary N) is 1. The molecule has 1 aromatic heterocycles. The second-order valence-corrected chi connectivity index (χ2v) is 6.52. The maximum Gasteiger partial charge on any atom is 0.264 e. The van der Waals surface area contributed by atoms with Crippen molar-refractivity contribution in [1.29, 1.82) is 0 Å². The van der Waals surface area contributed by atoms with Crippen LogP contribution in [0.3, 0.4) is 0 Å². The Labute approximate surface area is 174 Å². The molecule has 7 nitrogen and oxygen atoms in total. The third-order valence-corrected chi connectivity index (χ3v) is 4.58. The van der Waals surface area contributed by atoms with E-state index in [1.165, 1.54) is 32.6 Å². The summed E-state index contributed by atoms with van der Waals surface area (Å²) in [4.78, 5) is 19.0. The molecule has 0 bridgehead atoms. The SMILES string of the molecule is COc1ccc(OC)c(N=Cc2c(O)n(-c3ccc(F)c(Cl)c3)c(=S)[nH]c2=O)c1. The van der Waals surface area contributed by atoms with E-state index in [4.69, 9.17) is 33.3 Å². The Morgan fingerprint density at radius 2 is 2.00 bits per heavy atom. The largest absolute Gasteiger partial charge is 0.497 e. The average molecular weight is 436 g/mol. The van der Waals surface area contributed by atoms with Crippen molar-refractivity contribution in [2.24, 2.45) is 4.99 Å². The summed E-state index contributed by atoms with van der Waals surface area (Å²) >= 11 is 10.9. The maximum absolute atomic E-state index is 13.5. The van der Waals surface area contributed by atoms with E-state index in [-0.39, 0.29) is 21.0 Å². The fourth-order valence-electron chi connectivity index (χ4n) is 2.55. The van der Waals surface area contributed by atoms with Crippen molar-refractivity contribution < 1.29 is 19.0 Å². The highest BCUT2D eigenvalue weighted by Crippen LogP contribution is 2.31. The van der Waals surface area contributed by atoms with Crippen molar-refractivity contribution >= 4 is 35.7 Å². The number of nitrogens with zero attached hydrogens (tertiary/aromatic N) is 2. The molecule has 2 aromatic carbocycles. The molecule has 1 heterocycles. The molecule has 150 valence electrons. The fourth-order valence-corrected chi connectivity index (χ4v) is 3.01. The number of ether oxygens (including phenoxy) is 2. The summed E-state index contributed by atoms with van der Waals surface area (Å²) in [6.45, 7) is 0. The van der Waals surface area contributed by atoms with E-state index in [1.54, 1.807) is 18.2 Å². The topological polar surface area (TPSA) is 88.8 Å². The Morgan fingerprint density at radius 1 is 1.24 bits per heavy atom. The van der Waals surface area contributed by atoms with Gasteiger partial charge >= 0.3 is 0 Å². The van der Waals surface area contributed by atoms with Gasteiger partial charge in [-0.25, -0.2) is 4.39 Å². The number of aromatic amines is 1. The van der Waals surface area contributed by atoms with Gasteiger partial charge in [-0.1, -0.05) is 11.6 Å². The summed E-state index contributed by atoms with van der Waals surface area (Å²) in [6, 6.07) is 8.72. The van der Waals surface area contributed by atoms with Crippen LogP contribution in [0.2, 0.25) is 5.02 Å². The highest BCUT2D eigenvalue weighted by atomic mass is 35.5. The maximum atomic E-state index is 13.5. The van der Waals surface area contributed by atoms with Crippen molar-refractivity contribution in [3.05, 3.63) is 67.9 Å². The molecule has 0 saturated carbocycles. The summed E-state index contributed by atoms with van der Waals surface area (Å²) in [5.74, 6) is -0.131. The molecule has 0 atom stereocenters. The van der Waals surface area contributed by atoms with Gasteiger partial charge in [0, 0.05) is 12.3 Å². The minimum absolute atomic E-state index is 0.0914. The molecule has 0 spiro atoms. The molecule has 2 N–H and O–H groups in total. The van der Waals surface area contributed by atoms with Crippen LogP contribution in [0.5, 0.6) is 17.4 Å². The minimum atomic E-state index is -0.650. The third kappa shape index (κ3) is 4.15. The Hall–Kier alpha value is -3.17. The van der Waals surface area contributed by atoms with Gasteiger partial charge in [0.05, 0.1) is 24.9 Å². The Kier molecular flexibility index (Phi) is 6.00. The molecule has 0 aliphatic carbocycles. The number of aliphatic imine (C=N–C) groups is 1. The van der Waals surface area contributed by atoms with Gasteiger partial charge in [-0.2, -0.15) is 0 Å². The average Bonchev–Trinajstić information content (AvgIpc) is 2.70. The molecular formula is C19H15ClFN3O4S. The van der Waals surface area contributed by atoms with Gasteiger partial charge in [0.2, 0.25) is 5.88 Å². The number of hydrogen-bond donors (Lipinski definition) is 2. The van der Waals surface area contributed by atoms with Crippen LogP contribution in [0, 0.1) is 10.6 Å². The normalized spacial score (nSPS) is 11.0. The van der Waals surface area contributed by atoms with Gasteiger partial charge in [0.1, 0.15) is 28.6 Å². The predicted molar refractivity (Wildman–Crippen MR) is 111 cm³/mol. The van der Waals surface area contributed by atoms with E-state index in [0.29, 0.717) is 17.2 Å². The van der Waals surface area contributed by atoms with Crippen LogP contribution < -0.4 is 15.0 Å². The first-order valence-electron chi connectivity index (χ1n) is 8.15. The molecule has 3 rings (SSSR count).